The topological polar surface area (TPSA) is 40.4 Å². The Kier molecular flexibility index (Phi) is 2.20. The zero-order chi connectivity index (χ0) is 9.26. The fourth-order valence-electron chi connectivity index (χ4n) is 1.72. The predicted molar refractivity (Wildman–Crippen MR) is 47.0 cm³/mol. The number of carbonyl (C=O) groups is 2. The largest absolute Gasteiger partial charge is 0.343 e. The van der Waals surface area contributed by atoms with E-state index in [0.29, 0.717) is 13.0 Å². The van der Waals surface area contributed by atoms with Gasteiger partial charge in [-0.05, 0) is 12.8 Å². The van der Waals surface area contributed by atoms with E-state index in [1.54, 1.807) is 4.90 Å². The number of hydrogen-bond donors (Lipinski definition) is 0. The first-order valence-corrected chi connectivity index (χ1v) is 4.83. The smallest absolute Gasteiger partial charge is 0.242 e. The van der Waals surface area contributed by atoms with Crippen molar-refractivity contribution in [2.75, 3.05) is 26.2 Å². The van der Waals surface area contributed by atoms with Gasteiger partial charge in [0.2, 0.25) is 11.8 Å². The fraction of sp³-hybridized carbons (Fsp3) is 0.778. The molecule has 0 aromatic carbocycles. The summed E-state index contributed by atoms with van der Waals surface area (Å²) in [6.45, 7) is 3.17. The summed E-state index contributed by atoms with van der Waals surface area (Å²) in [6, 6.07) is 0. The minimum atomic E-state index is 0.243. The molecule has 0 spiro atoms. The van der Waals surface area contributed by atoms with Gasteiger partial charge in [0.25, 0.3) is 0 Å². The minimum Gasteiger partial charge on any atom is -0.343 e. The number of nitrogens with zero attached hydrogens (tertiary/aromatic N) is 2. The molecule has 2 saturated heterocycles. The Morgan fingerprint density at radius 1 is 1.08 bits per heavy atom. The summed E-state index contributed by atoms with van der Waals surface area (Å²) in [5.74, 6) is 0.518. The summed E-state index contributed by atoms with van der Waals surface area (Å²) >= 11 is 0. The van der Waals surface area contributed by atoms with Crippen molar-refractivity contribution in [2.24, 2.45) is 0 Å². The van der Waals surface area contributed by atoms with Crippen molar-refractivity contribution < 1.29 is 9.59 Å². The van der Waals surface area contributed by atoms with Crippen molar-refractivity contribution in [1.29, 1.82) is 0 Å². The quantitative estimate of drug-likeness (QED) is 0.567. The molecule has 72 valence electrons. The summed E-state index contributed by atoms with van der Waals surface area (Å²) in [4.78, 5) is 25.5. The second kappa shape index (κ2) is 3.36. The maximum absolute atomic E-state index is 11.2. The molecule has 2 amide bonds. The molecule has 0 radical (unpaired) electrons. The van der Waals surface area contributed by atoms with Crippen LogP contribution < -0.4 is 0 Å². The van der Waals surface area contributed by atoms with Crippen LogP contribution in [-0.4, -0.2) is 47.8 Å². The Balaban J connectivity index is 1.62. The predicted octanol–water partition coefficient (Wildman–Crippen LogP) is -0.159. The van der Waals surface area contributed by atoms with Crippen LogP contribution in [0, 0.1) is 0 Å². The van der Waals surface area contributed by atoms with Crippen molar-refractivity contribution in [2.45, 2.75) is 19.3 Å². The number of carbonyl (C=O) groups excluding carboxylic acids is 2. The van der Waals surface area contributed by atoms with Crippen LogP contribution in [-0.2, 0) is 9.59 Å². The number of likely N-dealkylation sites (tertiary alicyclic amines) is 1. The highest BCUT2D eigenvalue weighted by molar-refractivity contribution is 5.92. The zero-order valence-corrected chi connectivity index (χ0v) is 7.66. The zero-order valence-electron chi connectivity index (χ0n) is 7.66. The summed E-state index contributed by atoms with van der Waals surface area (Å²) in [5, 5.41) is 0. The lowest BCUT2D eigenvalue weighted by Crippen LogP contribution is -2.26. The van der Waals surface area contributed by atoms with E-state index in [0.717, 1.165) is 32.5 Å². The van der Waals surface area contributed by atoms with E-state index in [4.69, 9.17) is 0 Å². The van der Waals surface area contributed by atoms with Crippen molar-refractivity contribution in [1.82, 2.24) is 9.80 Å². The fourth-order valence-corrected chi connectivity index (χ4v) is 1.72. The third-order valence-electron chi connectivity index (χ3n) is 2.60. The molecule has 2 aliphatic heterocycles. The highest BCUT2D eigenvalue weighted by atomic mass is 16.2. The van der Waals surface area contributed by atoms with Crippen LogP contribution in [0.2, 0.25) is 0 Å². The van der Waals surface area contributed by atoms with Crippen molar-refractivity contribution in [3.8, 4) is 0 Å². The SMILES string of the molecule is O=C1CCCN1CCCN1CC1=O. The van der Waals surface area contributed by atoms with E-state index in [1.807, 2.05) is 4.90 Å². The molecular weight excluding hydrogens is 168 g/mol. The maximum atomic E-state index is 11.2. The Morgan fingerprint density at radius 2 is 1.77 bits per heavy atom. The van der Waals surface area contributed by atoms with Gasteiger partial charge in [0.1, 0.15) is 0 Å². The molecule has 2 fully saturated rings. The summed E-state index contributed by atoms with van der Waals surface area (Å²) in [5.41, 5.74) is 0. The third kappa shape index (κ3) is 1.99. The van der Waals surface area contributed by atoms with Crippen LogP contribution in [0.25, 0.3) is 0 Å². The molecule has 0 unspecified atom stereocenters. The van der Waals surface area contributed by atoms with Gasteiger partial charge in [0.15, 0.2) is 0 Å². The van der Waals surface area contributed by atoms with Crippen LogP contribution >= 0.6 is 0 Å². The van der Waals surface area contributed by atoms with Crippen molar-refractivity contribution in [3.63, 3.8) is 0 Å². The Bertz CT molecular complexity index is 240. The Labute approximate surface area is 77.5 Å². The molecule has 0 atom stereocenters. The molecule has 0 saturated carbocycles. The van der Waals surface area contributed by atoms with E-state index < -0.39 is 0 Å². The molecule has 0 aliphatic carbocycles. The molecule has 0 N–H and O–H groups in total. The molecule has 2 heterocycles. The first-order chi connectivity index (χ1) is 6.27. The van der Waals surface area contributed by atoms with E-state index in [2.05, 4.69) is 0 Å². The van der Waals surface area contributed by atoms with Gasteiger partial charge in [-0.3, -0.25) is 9.59 Å². The highest BCUT2D eigenvalue weighted by Crippen LogP contribution is 2.11. The van der Waals surface area contributed by atoms with Gasteiger partial charge in [-0.2, -0.15) is 0 Å². The van der Waals surface area contributed by atoms with Gasteiger partial charge >= 0.3 is 0 Å². The normalized spacial score (nSPS) is 21.5. The third-order valence-corrected chi connectivity index (χ3v) is 2.60. The van der Waals surface area contributed by atoms with Gasteiger partial charge in [0.05, 0.1) is 6.54 Å². The molecule has 4 nitrogen and oxygen atoms in total. The second-order valence-electron chi connectivity index (χ2n) is 3.65. The van der Waals surface area contributed by atoms with Crippen LogP contribution in [0.3, 0.4) is 0 Å². The van der Waals surface area contributed by atoms with Crippen LogP contribution in [0.15, 0.2) is 0 Å². The number of amides is 2. The van der Waals surface area contributed by atoms with Crippen LogP contribution in [0.1, 0.15) is 19.3 Å². The molecule has 0 aromatic rings. The van der Waals surface area contributed by atoms with Gasteiger partial charge in [0, 0.05) is 26.1 Å². The average Bonchev–Trinajstić information content (AvgIpc) is 2.63. The van der Waals surface area contributed by atoms with E-state index in [9.17, 15) is 9.59 Å². The molecule has 4 heteroatoms. The second-order valence-corrected chi connectivity index (χ2v) is 3.65. The lowest BCUT2D eigenvalue weighted by atomic mass is 10.4. The standard InChI is InChI=1S/C9H14N2O2/c12-8-3-1-4-10(8)5-2-6-11-7-9(11)13/h1-7H2. The van der Waals surface area contributed by atoms with Crippen molar-refractivity contribution in [3.05, 3.63) is 0 Å². The Hall–Kier alpha value is -1.06. The summed E-state index contributed by atoms with van der Waals surface area (Å²) < 4.78 is 0. The molecule has 0 aromatic heterocycles. The van der Waals surface area contributed by atoms with Crippen LogP contribution in [0.5, 0.6) is 0 Å². The van der Waals surface area contributed by atoms with Gasteiger partial charge in [-0.15, -0.1) is 0 Å². The molecule has 2 aliphatic rings. The van der Waals surface area contributed by atoms with Gasteiger partial charge < -0.3 is 9.80 Å². The van der Waals surface area contributed by atoms with E-state index in [1.165, 1.54) is 0 Å². The number of hydrogen-bond acceptors (Lipinski definition) is 2. The molecule has 2 rings (SSSR count). The minimum absolute atomic E-state index is 0.243. The molecule has 13 heavy (non-hydrogen) atoms. The summed E-state index contributed by atoms with van der Waals surface area (Å²) in [6.07, 6.45) is 2.64. The lowest BCUT2D eigenvalue weighted by Gasteiger charge is -2.14. The maximum Gasteiger partial charge on any atom is 0.242 e. The van der Waals surface area contributed by atoms with Crippen molar-refractivity contribution >= 4 is 11.8 Å². The highest BCUT2D eigenvalue weighted by Gasteiger charge is 2.29. The summed E-state index contributed by atoms with van der Waals surface area (Å²) in [7, 11) is 0. The monoisotopic (exact) mass is 182 g/mol. The first-order valence-electron chi connectivity index (χ1n) is 4.83. The van der Waals surface area contributed by atoms with Crippen LogP contribution in [0.4, 0.5) is 0 Å². The molecular formula is C9H14N2O2. The lowest BCUT2D eigenvalue weighted by molar-refractivity contribution is -0.127. The van der Waals surface area contributed by atoms with E-state index in [-0.39, 0.29) is 11.8 Å². The number of rotatable bonds is 4. The Morgan fingerprint density at radius 3 is 2.31 bits per heavy atom. The van der Waals surface area contributed by atoms with Gasteiger partial charge in [-0.1, -0.05) is 0 Å². The van der Waals surface area contributed by atoms with E-state index >= 15 is 0 Å². The van der Waals surface area contributed by atoms with Gasteiger partial charge in [-0.25, -0.2) is 0 Å². The molecule has 0 bridgehead atoms. The average molecular weight is 182 g/mol. The first kappa shape index (κ1) is 8.53.